The van der Waals surface area contributed by atoms with Crippen molar-refractivity contribution < 1.29 is 17.9 Å². The lowest BCUT2D eigenvalue weighted by Gasteiger charge is -2.06. The first-order valence-electron chi connectivity index (χ1n) is 8.43. The highest BCUT2D eigenvalue weighted by Crippen LogP contribution is 2.23. The molecule has 0 radical (unpaired) electrons. The van der Waals surface area contributed by atoms with Crippen LogP contribution in [0.5, 0.6) is 5.75 Å². The number of ether oxygens (including phenoxy) is 1. The molecule has 0 fully saturated rings. The van der Waals surface area contributed by atoms with Gasteiger partial charge in [-0.05, 0) is 30.3 Å². The topological polar surface area (TPSA) is 77.7 Å². The molecule has 0 unspecified atom stereocenters. The predicted molar refractivity (Wildman–Crippen MR) is 109 cm³/mol. The Labute approximate surface area is 167 Å². The number of amides is 1. The van der Waals surface area contributed by atoms with Gasteiger partial charge in [-0.3, -0.25) is 4.79 Å². The summed E-state index contributed by atoms with van der Waals surface area (Å²) in [4.78, 5) is 17.4. The molecule has 6 nitrogen and oxygen atoms in total. The van der Waals surface area contributed by atoms with Crippen LogP contribution in [-0.2, 0) is 16.4 Å². The normalized spacial score (nSPS) is 12.1. The average molecular weight is 415 g/mol. The molecule has 0 bridgehead atoms. The predicted octanol–water partition coefficient (Wildman–Crippen LogP) is 2.88. The van der Waals surface area contributed by atoms with Gasteiger partial charge in [-0.15, -0.1) is 6.42 Å². The number of thiazole rings is 1. The van der Waals surface area contributed by atoms with Gasteiger partial charge in [0.15, 0.2) is 14.6 Å². The van der Waals surface area contributed by atoms with Gasteiger partial charge >= 0.3 is 0 Å². The Balaban J connectivity index is 2.19. The van der Waals surface area contributed by atoms with Gasteiger partial charge in [-0.1, -0.05) is 36.3 Å². The highest BCUT2D eigenvalue weighted by molar-refractivity contribution is 7.91. The zero-order valence-electron chi connectivity index (χ0n) is 15.4. The Bertz CT molecular complexity index is 1260. The molecule has 0 aliphatic rings. The van der Waals surface area contributed by atoms with Crippen molar-refractivity contribution in [3.8, 4) is 18.1 Å². The lowest BCUT2D eigenvalue weighted by Crippen LogP contribution is -2.17. The van der Waals surface area contributed by atoms with Crippen LogP contribution in [0.1, 0.15) is 17.3 Å². The van der Waals surface area contributed by atoms with Crippen LogP contribution in [0.3, 0.4) is 0 Å². The van der Waals surface area contributed by atoms with Gasteiger partial charge in [-0.2, -0.15) is 4.99 Å². The number of sulfone groups is 1. The molecule has 0 saturated carbocycles. The van der Waals surface area contributed by atoms with E-state index in [0.717, 1.165) is 10.2 Å². The number of carbonyl (C=O) groups excluding carboxylic acids is 1. The molecule has 0 N–H and O–H groups in total. The van der Waals surface area contributed by atoms with E-state index < -0.39 is 15.7 Å². The van der Waals surface area contributed by atoms with Crippen LogP contribution in [0.15, 0.2) is 52.4 Å². The van der Waals surface area contributed by atoms with E-state index in [4.69, 9.17) is 11.2 Å². The second kappa shape index (κ2) is 8.00. The summed E-state index contributed by atoms with van der Waals surface area (Å²) in [5.41, 5.74) is 0.872. The zero-order valence-corrected chi connectivity index (χ0v) is 17.0. The molecule has 1 amide bonds. The largest absolute Gasteiger partial charge is 0.497 e. The summed E-state index contributed by atoms with van der Waals surface area (Å²) in [6.07, 6.45) is 5.48. The van der Waals surface area contributed by atoms with Crippen molar-refractivity contribution in [1.82, 2.24) is 4.57 Å². The number of rotatable bonds is 5. The van der Waals surface area contributed by atoms with E-state index in [1.165, 1.54) is 30.4 Å². The molecule has 3 aromatic rings. The molecule has 0 saturated heterocycles. The number of terminal acetylenes is 1. The molecular weight excluding hydrogens is 396 g/mol. The van der Waals surface area contributed by atoms with E-state index in [1.54, 1.807) is 29.9 Å². The van der Waals surface area contributed by atoms with Crippen LogP contribution >= 0.6 is 11.3 Å². The summed E-state index contributed by atoms with van der Waals surface area (Å²) >= 11 is 1.29. The van der Waals surface area contributed by atoms with E-state index in [1.807, 2.05) is 12.1 Å². The lowest BCUT2D eigenvalue weighted by atomic mass is 10.2. The van der Waals surface area contributed by atoms with Gasteiger partial charge in [0.25, 0.3) is 5.91 Å². The molecule has 8 heteroatoms. The van der Waals surface area contributed by atoms with Crippen LogP contribution in [0.25, 0.3) is 10.2 Å². The minimum absolute atomic E-state index is 0.0162. The fourth-order valence-corrected chi connectivity index (χ4v) is 4.87. The first kappa shape index (κ1) is 19.9. The molecule has 0 spiro atoms. The van der Waals surface area contributed by atoms with Gasteiger partial charge < -0.3 is 9.30 Å². The van der Waals surface area contributed by atoms with E-state index in [-0.39, 0.29) is 22.8 Å². The average Bonchev–Trinajstić information content (AvgIpc) is 3.04. The van der Waals surface area contributed by atoms with Crippen LogP contribution in [-0.4, -0.2) is 31.8 Å². The summed E-state index contributed by atoms with van der Waals surface area (Å²) in [5, 5.41) is 0. The third kappa shape index (κ3) is 3.72. The van der Waals surface area contributed by atoms with Crippen molar-refractivity contribution in [2.24, 2.45) is 4.99 Å². The van der Waals surface area contributed by atoms with E-state index >= 15 is 0 Å². The molecule has 144 valence electrons. The van der Waals surface area contributed by atoms with Crippen molar-refractivity contribution in [3.63, 3.8) is 0 Å². The molecule has 0 aliphatic heterocycles. The maximum Gasteiger partial charge on any atom is 0.280 e. The quantitative estimate of drug-likeness (QED) is 0.602. The van der Waals surface area contributed by atoms with Crippen molar-refractivity contribution in [2.45, 2.75) is 18.4 Å². The highest BCUT2D eigenvalue weighted by atomic mass is 32.2. The maximum absolute atomic E-state index is 12.8. The number of carbonyl (C=O) groups is 1. The van der Waals surface area contributed by atoms with Crippen LogP contribution in [0, 0.1) is 12.3 Å². The van der Waals surface area contributed by atoms with Crippen molar-refractivity contribution in [3.05, 3.63) is 52.8 Å². The second-order valence-electron chi connectivity index (χ2n) is 5.83. The fourth-order valence-electron chi connectivity index (χ4n) is 2.73. The Morgan fingerprint density at radius 2 is 2.04 bits per heavy atom. The molecule has 28 heavy (non-hydrogen) atoms. The molecule has 3 rings (SSSR count). The van der Waals surface area contributed by atoms with Gasteiger partial charge in [0, 0.05) is 0 Å². The summed E-state index contributed by atoms with van der Waals surface area (Å²) in [6.45, 7) is 1.77. The number of benzene rings is 2. The summed E-state index contributed by atoms with van der Waals surface area (Å²) in [6, 6.07) is 11.6. The van der Waals surface area contributed by atoms with Gasteiger partial charge in [-0.25, -0.2) is 8.42 Å². The number of hydrogen-bond donors (Lipinski definition) is 0. The van der Waals surface area contributed by atoms with Gasteiger partial charge in [0.05, 0.1) is 40.1 Å². The first-order valence-corrected chi connectivity index (χ1v) is 10.9. The Morgan fingerprint density at radius 1 is 1.29 bits per heavy atom. The van der Waals surface area contributed by atoms with E-state index in [0.29, 0.717) is 10.6 Å². The van der Waals surface area contributed by atoms with E-state index in [2.05, 4.69) is 10.9 Å². The SMILES string of the molecule is C#CCn1c(=NC(=O)c2ccccc2S(=O)(=O)CC)sc2cc(OC)ccc21. The van der Waals surface area contributed by atoms with Crippen molar-refractivity contribution in [2.75, 3.05) is 12.9 Å². The molecule has 0 atom stereocenters. The zero-order chi connectivity index (χ0) is 20.3. The van der Waals surface area contributed by atoms with Gasteiger partial charge in [0.1, 0.15) is 5.75 Å². The molecule has 1 heterocycles. The lowest BCUT2D eigenvalue weighted by molar-refractivity contribution is 0.0994. The second-order valence-corrected chi connectivity index (χ2v) is 9.08. The maximum atomic E-state index is 12.8. The minimum Gasteiger partial charge on any atom is -0.497 e. The summed E-state index contributed by atoms with van der Waals surface area (Å²) in [5.74, 6) is 2.51. The summed E-state index contributed by atoms with van der Waals surface area (Å²) < 4.78 is 32.5. The number of fused-ring (bicyclic) bond motifs is 1. The molecular formula is C20H18N2O4S2. The molecule has 1 aromatic heterocycles. The Morgan fingerprint density at radius 3 is 2.71 bits per heavy atom. The van der Waals surface area contributed by atoms with Gasteiger partial charge in [0.2, 0.25) is 0 Å². The highest BCUT2D eigenvalue weighted by Gasteiger charge is 2.20. The van der Waals surface area contributed by atoms with Crippen LogP contribution < -0.4 is 9.54 Å². The van der Waals surface area contributed by atoms with Crippen molar-refractivity contribution in [1.29, 1.82) is 0 Å². The fraction of sp³-hybridized carbons (Fsp3) is 0.200. The number of nitrogens with zero attached hydrogens (tertiary/aromatic N) is 2. The first-order chi connectivity index (χ1) is 13.4. The number of hydrogen-bond acceptors (Lipinski definition) is 5. The van der Waals surface area contributed by atoms with E-state index in [9.17, 15) is 13.2 Å². The molecule has 0 aliphatic carbocycles. The Kier molecular flexibility index (Phi) is 5.68. The third-order valence-corrected chi connectivity index (χ3v) is 7.00. The Hall–Kier alpha value is -2.89. The number of aromatic nitrogens is 1. The minimum atomic E-state index is -3.55. The summed E-state index contributed by atoms with van der Waals surface area (Å²) in [7, 11) is -1.98. The smallest absolute Gasteiger partial charge is 0.280 e. The van der Waals surface area contributed by atoms with Crippen LogP contribution in [0.2, 0.25) is 0 Å². The standard InChI is InChI=1S/C20H18N2O4S2/c1-4-12-22-16-11-10-14(26-3)13-17(16)27-20(22)21-19(23)15-8-6-7-9-18(15)28(24,25)5-2/h1,6-11,13H,5,12H2,2-3H3. The van der Waals surface area contributed by atoms with Crippen molar-refractivity contribution >= 4 is 37.3 Å². The van der Waals surface area contributed by atoms with Crippen LogP contribution in [0.4, 0.5) is 0 Å². The monoisotopic (exact) mass is 414 g/mol. The number of methoxy groups -OCH3 is 1. The third-order valence-electron chi connectivity index (χ3n) is 4.17. The molecule has 2 aromatic carbocycles.